The van der Waals surface area contributed by atoms with E-state index in [0.717, 1.165) is 17.5 Å². The highest BCUT2D eigenvalue weighted by Crippen LogP contribution is 2.29. The Morgan fingerprint density at radius 2 is 2.17 bits per heavy atom. The van der Waals surface area contributed by atoms with Gasteiger partial charge in [-0.1, -0.05) is 12.8 Å². The first-order valence-electron chi connectivity index (χ1n) is 4.77. The number of thioether (sulfide) groups is 1. The summed E-state index contributed by atoms with van der Waals surface area (Å²) in [6.45, 7) is 0.722. The van der Waals surface area contributed by atoms with Crippen LogP contribution < -0.4 is 5.32 Å². The van der Waals surface area contributed by atoms with Crippen LogP contribution >= 0.6 is 11.8 Å². The predicted molar refractivity (Wildman–Crippen MR) is 54.6 cm³/mol. The number of aliphatic hydroxyl groups excluding tert-OH is 1. The minimum Gasteiger partial charge on any atom is -0.391 e. The molecule has 1 fully saturated rings. The van der Waals surface area contributed by atoms with E-state index in [-0.39, 0.29) is 6.10 Å². The average Bonchev–Trinajstić information content (AvgIpc) is 2.53. The molecule has 2 nitrogen and oxygen atoms in total. The van der Waals surface area contributed by atoms with Crippen LogP contribution in [0.25, 0.3) is 0 Å². The fraction of sp³-hybridized carbons (Fsp3) is 1.00. The summed E-state index contributed by atoms with van der Waals surface area (Å²) in [5.74, 6) is 0.894. The number of likely N-dealkylation sites (N-methyl/N-ethyl adjacent to an activating group) is 1. The summed E-state index contributed by atoms with van der Waals surface area (Å²) in [6, 6.07) is 0. The molecule has 0 aromatic rings. The third-order valence-electron chi connectivity index (χ3n) is 2.27. The Hall–Kier alpha value is 0.270. The van der Waals surface area contributed by atoms with Crippen molar-refractivity contribution in [3.63, 3.8) is 0 Å². The van der Waals surface area contributed by atoms with Gasteiger partial charge in [0.2, 0.25) is 0 Å². The molecule has 1 saturated carbocycles. The lowest BCUT2D eigenvalue weighted by molar-refractivity contribution is 0.199. The summed E-state index contributed by atoms with van der Waals surface area (Å²) >= 11 is 1.94. The summed E-state index contributed by atoms with van der Waals surface area (Å²) in [5.41, 5.74) is 0. The highest BCUT2D eigenvalue weighted by Gasteiger charge is 2.16. The fourth-order valence-electron chi connectivity index (χ4n) is 1.60. The summed E-state index contributed by atoms with van der Waals surface area (Å²) in [7, 11) is 1.88. The molecule has 0 aliphatic heterocycles. The van der Waals surface area contributed by atoms with Crippen LogP contribution in [0.15, 0.2) is 0 Å². The van der Waals surface area contributed by atoms with Gasteiger partial charge in [0.1, 0.15) is 0 Å². The molecule has 1 aliphatic rings. The molecule has 0 radical (unpaired) electrons. The lowest BCUT2D eigenvalue weighted by Crippen LogP contribution is -2.26. The lowest BCUT2D eigenvalue weighted by Gasteiger charge is -2.12. The van der Waals surface area contributed by atoms with Crippen LogP contribution in [0.5, 0.6) is 0 Å². The molecule has 12 heavy (non-hydrogen) atoms. The summed E-state index contributed by atoms with van der Waals surface area (Å²) in [6.07, 6.45) is 5.33. The predicted octanol–water partition coefficient (Wildman–Crippen LogP) is 1.24. The molecule has 0 bridgehead atoms. The van der Waals surface area contributed by atoms with Gasteiger partial charge in [0.25, 0.3) is 0 Å². The van der Waals surface area contributed by atoms with E-state index < -0.39 is 0 Å². The molecule has 0 heterocycles. The van der Waals surface area contributed by atoms with Crippen molar-refractivity contribution in [1.82, 2.24) is 5.32 Å². The molecule has 0 saturated heterocycles. The number of hydrogen-bond acceptors (Lipinski definition) is 3. The minimum absolute atomic E-state index is 0.166. The normalized spacial score (nSPS) is 21.5. The van der Waals surface area contributed by atoms with Crippen molar-refractivity contribution in [2.24, 2.45) is 0 Å². The van der Waals surface area contributed by atoms with Gasteiger partial charge in [-0.2, -0.15) is 11.8 Å². The van der Waals surface area contributed by atoms with Crippen LogP contribution in [-0.4, -0.2) is 35.8 Å². The molecule has 1 atom stereocenters. The number of nitrogens with one attached hydrogen (secondary N) is 1. The van der Waals surface area contributed by atoms with Gasteiger partial charge in [-0.05, 0) is 19.9 Å². The Balaban J connectivity index is 1.99. The molecule has 0 spiro atoms. The zero-order chi connectivity index (χ0) is 8.81. The standard InChI is InChI=1S/C9H19NOS/c1-10-6-8(11)7-12-9-4-2-3-5-9/h8-11H,2-7H2,1H3. The van der Waals surface area contributed by atoms with Gasteiger partial charge in [0.15, 0.2) is 0 Å². The molecule has 0 aromatic carbocycles. The van der Waals surface area contributed by atoms with Gasteiger partial charge < -0.3 is 10.4 Å². The van der Waals surface area contributed by atoms with E-state index in [4.69, 9.17) is 0 Å². The van der Waals surface area contributed by atoms with E-state index in [2.05, 4.69) is 5.32 Å². The van der Waals surface area contributed by atoms with Crippen LogP contribution in [0.3, 0.4) is 0 Å². The molecule has 1 aliphatic carbocycles. The van der Waals surface area contributed by atoms with Crippen molar-refractivity contribution in [3.05, 3.63) is 0 Å². The van der Waals surface area contributed by atoms with E-state index >= 15 is 0 Å². The first-order valence-corrected chi connectivity index (χ1v) is 5.82. The van der Waals surface area contributed by atoms with Gasteiger partial charge >= 0.3 is 0 Å². The number of aliphatic hydroxyl groups is 1. The van der Waals surface area contributed by atoms with Crippen LogP contribution in [0.4, 0.5) is 0 Å². The van der Waals surface area contributed by atoms with E-state index in [0.29, 0.717) is 0 Å². The number of hydrogen-bond donors (Lipinski definition) is 2. The second-order valence-corrected chi connectivity index (χ2v) is 4.78. The Kier molecular flexibility index (Phi) is 5.04. The molecule has 0 aromatic heterocycles. The lowest BCUT2D eigenvalue weighted by atomic mass is 10.4. The van der Waals surface area contributed by atoms with Crippen LogP contribution in [0, 0.1) is 0 Å². The Labute approximate surface area is 79.1 Å². The molecular formula is C9H19NOS. The van der Waals surface area contributed by atoms with Crippen LogP contribution in [-0.2, 0) is 0 Å². The summed E-state index contributed by atoms with van der Waals surface area (Å²) in [5, 5.41) is 13.2. The van der Waals surface area contributed by atoms with Crippen molar-refractivity contribution in [3.8, 4) is 0 Å². The molecule has 2 N–H and O–H groups in total. The van der Waals surface area contributed by atoms with Crippen LogP contribution in [0.1, 0.15) is 25.7 Å². The Bertz CT molecular complexity index is 115. The molecule has 0 amide bonds. The van der Waals surface area contributed by atoms with E-state index in [1.165, 1.54) is 25.7 Å². The minimum atomic E-state index is -0.166. The van der Waals surface area contributed by atoms with Gasteiger partial charge in [-0.15, -0.1) is 0 Å². The maximum atomic E-state index is 9.43. The SMILES string of the molecule is CNCC(O)CSC1CCCC1. The van der Waals surface area contributed by atoms with Gasteiger partial charge in [0, 0.05) is 17.5 Å². The summed E-state index contributed by atoms with van der Waals surface area (Å²) in [4.78, 5) is 0. The smallest absolute Gasteiger partial charge is 0.0754 e. The molecule has 72 valence electrons. The molecule has 1 unspecified atom stereocenters. The molecular weight excluding hydrogens is 170 g/mol. The largest absolute Gasteiger partial charge is 0.391 e. The fourth-order valence-corrected chi connectivity index (χ4v) is 2.88. The van der Waals surface area contributed by atoms with Crippen molar-refractivity contribution in [2.45, 2.75) is 37.0 Å². The van der Waals surface area contributed by atoms with E-state index in [1.54, 1.807) is 0 Å². The van der Waals surface area contributed by atoms with Gasteiger partial charge in [-0.3, -0.25) is 0 Å². The van der Waals surface area contributed by atoms with Crippen LogP contribution in [0.2, 0.25) is 0 Å². The third kappa shape index (κ3) is 3.78. The second kappa shape index (κ2) is 5.84. The highest BCUT2D eigenvalue weighted by molar-refractivity contribution is 7.99. The number of rotatable bonds is 5. The summed E-state index contributed by atoms with van der Waals surface area (Å²) < 4.78 is 0. The van der Waals surface area contributed by atoms with Crippen molar-refractivity contribution >= 4 is 11.8 Å². The van der Waals surface area contributed by atoms with Crippen molar-refractivity contribution in [2.75, 3.05) is 19.3 Å². The van der Waals surface area contributed by atoms with Crippen molar-refractivity contribution < 1.29 is 5.11 Å². The maximum absolute atomic E-state index is 9.43. The van der Waals surface area contributed by atoms with Gasteiger partial charge in [-0.25, -0.2) is 0 Å². The average molecular weight is 189 g/mol. The third-order valence-corrected chi connectivity index (χ3v) is 3.79. The first kappa shape index (κ1) is 10.4. The highest BCUT2D eigenvalue weighted by atomic mass is 32.2. The van der Waals surface area contributed by atoms with E-state index in [1.807, 2.05) is 18.8 Å². The second-order valence-electron chi connectivity index (χ2n) is 3.45. The Morgan fingerprint density at radius 3 is 2.75 bits per heavy atom. The molecule has 3 heteroatoms. The van der Waals surface area contributed by atoms with Crippen molar-refractivity contribution in [1.29, 1.82) is 0 Å². The quantitative estimate of drug-likeness (QED) is 0.682. The Morgan fingerprint density at radius 1 is 1.50 bits per heavy atom. The van der Waals surface area contributed by atoms with Gasteiger partial charge in [0.05, 0.1) is 6.10 Å². The first-order chi connectivity index (χ1) is 5.83. The maximum Gasteiger partial charge on any atom is 0.0754 e. The monoisotopic (exact) mass is 189 g/mol. The zero-order valence-corrected chi connectivity index (χ0v) is 8.57. The molecule has 1 rings (SSSR count). The zero-order valence-electron chi connectivity index (χ0n) is 7.75. The topological polar surface area (TPSA) is 32.3 Å². The van der Waals surface area contributed by atoms with E-state index in [9.17, 15) is 5.11 Å².